The third-order valence-electron chi connectivity index (χ3n) is 5.22. The van der Waals surface area contributed by atoms with E-state index in [-0.39, 0.29) is 30.4 Å². The summed E-state index contributed by atoms with van der Waals surface area (Å²) in [5.41, 5.74) is 0.813. The number of aliphatic hydroxyl groups excluding tert-OH is 1. The fourth-order valence-corrected chi connectivity index (χ4v) is 3.85. The average Bonchev–Trinajstić information content (AvgIpc) is 3.28. The predicted octanol–water partition coefficient (Wildman–Crippen LogP) is 2.61. The molecule has 2 aliphatic rings. The first kappa shape index (κ1) is 21.7. The fraction of sp³-hybridized carbons (Fsp3) is 0.650. The van der Waals surface area contributed by atoms with Crippen molar-refractivity contribution in [1.82, 2.24) is 10.6 Å². The van der Waals surface area contributed by atoms with Crippen LogP contribution in [-0.4, -0.2) is 55.4 Å². The second-order valence-corrected chi connectivity index (χ2v) is 7.52. The minimum atomic E-state index is -4.70. The Morgan fingerprint density at radius 3 is 2.62 bits per heavy atom. The summed E-state index contributed by atoms with van der Waals surface area (Å²) in [6.45, 7) is 3.04. The van der Waals surface area contributed by atoms with Crippen LogP contribution in [0.4, 0.5) is 13.2 Å². The lowest BCUT2D eigenvalue weighted by Crippen LogP contribution is -2.47. The maximum Gasteiger partial charge on any atom is 0.573 e. The van der Waals surface area contributed by atoms with Gasteiger partial charge in [-0.15, -0.1) is 13.2 Å². The number of nitrogens with one attached hydrogen (secondary N) is 2. The van der Waals surface area contributed by atoms with Gasteiger partial charge in [-0.25, -0.2) is 0 Å². The highest BCUT2D eigenvalue weighted by Crippen LogP contribution is 2.34. The van der Waals surface area contributed by atoms with Crippen molar-refractivity contribution in [1.29, 1.82) is 0 Å². The largest absolute Gasteiger partial charge is 0.573 e. The van der Waals surface area contributed by atoms with Gasteiger partial charge in [0, 0.05) is 25.6 Å². The molecule has 0 saturated carbocycles. The minimum absolute atomic E-state index is 0.0685. The van der Waals surface area contributed by atoms with E-state index in [1.165, 1.54) is 12.1 Å². The Balaban J connectivity index is 1.54. The lowest BCUT2D eigenvalue weighted by atomic mass is 9.96. The Bertz CT molecular complexity index is 682. The normalized spacial score (nSPS) is 25.1. The van der Waals surface area contributed by atoms with Crippen LogP contribution in [0.2, 0.25) is 0 Å². The number of rotatable bonds is 8. The molecule has 6 nitrogen and oxygen atoms in total. The zero-order valence-corrected chi connectivity index (χ0v) is 16.4. The van der Waals surface area contributed by atoms with Gasteiger partial charge in [-0.3, -0.25) is 4.99 Å². The summed E-state index contributed by atoms with van der Waals surface area (Å²) < 4.78 is 46.5. The van der Waals surface area contributed by atoms with Gasteiger partial charge < -0.3 is 25.2 Å². The Morgan fingerprint density at radius 2 is 2.07 bits per heavy atom. The highest BCUT2D eigenvalue weighted by molar-refractivity contribution is 5.80. The number of guanidine groups is 1. The summed E-state index contributed by atoms with van der Waals surface area (Å²) in [5.74, 6) is 0.295. The van der Waals surface area contributed by atoms with Gasteiger partial charge >= 0.3 is 6.36 Å². The maximum absolute atomic E-state index is 12.3. The average molecular weight is 415 g/mol. The molecule has 3 rings (SSSR count). The molecular weight excluding hydrogens is 387 g/mol. The molecule has 0 amide bonds. The number of benzene rings is 1. The van der Waals surface area contributed by atoms with Crippen molar-refractivity contribution in [3.8, 4) is 5.75 Å². The molecule has 2 heterocycles. The minimum Gasteiger partial charge on any atom is -0.406 e. The van der Waals surface area contributed by atoms with Crippen LogP contribution in [0, 0.1) is 5.92 Å². The molecule has 29 heavy (non-hydrogen) atoms. The van der Waals surface area contributed by atoms with Crippen molar-refractivity contribution < 1.29 is 27.8 Å². The molecular formula is C20H28F3N3O3. The van der Waals surface area contributed by atoms with E-state index in [0.29, 0.717) is 25.0 Å². The number of aliphatic hydroxyl groups is 1. The summed E-state index contributed by atoms with van der Waals surface area (Å²) in [6, 6.07) is 5.95. The van der Waals surface area contributed by atoms with Gasteiger partial charge in [0.05, 0.1) is 18.2 Å². The lowest BCUT2D eigenvalue weighted by Gasteiger charge is -2.23. The molecule has 2 aliphatic heterocycles. The van der Waals surface area contributed by atoms with Gasteiger partial charge in [0.15, 0.2) is 5.96 Å². The summed E-state index contributed by atoms with van der Waals surface area (Å²) in [7, 11) is 0. The Labute approximate surface area is 168 Å². The molecule has 0 radical (unpaired) electrons. The zero-order valence-electron chi connectivity index (χ0n) is 16.4. The van der Waals surface area contributed by atoms with Crippen LogP contribution in [0.15, 0.2) is 29.3 Å². The van der Waals surface area contributed by atoms with E-state index in [0.717, 1.165) is 31.4 Å². The van der Waals surface area contributed by atoms with E-state index >= 15 is 0 Å². The van der Waals surface area contributed by atoms with Crippen molar-refractivity contribution in [2.45, 2.75) is 57.2 Å². The van der Waals surface area contributed by atoms with Gasteiger partial charge in [0.1, 0.15) is 5.75 Å². The van der Waals surface area contributed by atoms with Crippen molar-refractivity contribution in [2.75, 3.05) is 19.7 Å². The van der Waals surface area contributed by atoms with Gasteiger partial charge in [0.2, 0.25) is 0 Å². The molecule has 4 atom stereocenters. The SMILES string of the molecule is CCNC(=NCC(CO)Cc1ccc(OC(F)(F)F)cc1)NC1CC2CCC1O2. The van der Waals surface area contributed by atoms with E-state index in [9.17, 15) is 18.3 Å². The van der Waals surface area contributed by atoms with Crippen LogP contribution in [0.3, 0.4) is 0 Å². The number of aliphatic imine (C=N–C) groups is 1. The van der Waals surface area contributed by atoms with Crippen molar-refractivity contribution in [3.05, 3.63) is 29.8 Å². The fourth-order valence-electron chi connectivity index (χ4n) is 3.85. The number of fused-ring (bicyclic) bond motifs is 2. The number of hydrogen-bond donors (Lipinski definition) is 3. The summed E-state index contributed by atoms with van der Waals surface area (Å²) in [6.07, 6.45) is -0.466. The predicted molar refractivity (Wildman–Crippen MR) is 103 cm³/mol. The van der Waals surface area contributed by atoms with Gasteiger partial charge in [0.25, 0.3) is 0 Å². The second-order valence-electron chi connectivity index (χ2n) is 7.52. The Morgan fingerprint density at radius 1 is 1.31 bits per heavy atom. The van der Waals surface area contributed by atoms with Crippen LogP contribution in [0.1, 0.15) is 31.7 Å². The molecule has 9 heteroatoms. The van der Waals surface area contributed by atoms with E-state index in [2.05, 4.69) is 20.4 Å². The molecule has 0 aliphatic carbocycles. The Kier molecular flexibility index (Phi) is 7.23. The third-order valence-corrected chi connectivity index (χ3v) is 5.22. The van der Waals surface area contributed by atoms with Gasteiger partial charge in [-0.05, 0) is 50.3 Å². The first-order valence-electron chi connectivity index (χ1n) is 10.0. The van der Waals surface area contributed by atoms with Crippen LogP contribution < -0.4 is 15.4 Å². The second kappa shape index (κ2) is 9.67. The van der Waals surface area contributed by atoms with Crippen LogP contribution in [0.5, 0.6) is 5.75 Å². The van der Waals surface area contributed by atoms with Crippen LogP contribution >= 0.6 is 0 Å². The highest BCUT2D eigenvalue weighted by Gasteiger charge is 2.41. The van der Waals surface area contributed by atoms with E-state index in [4.69, 9.17) is 4.74 Å². The molecule has 2 fully saturated rings. The molecule has 1 aromatic rings. The maximum atomic E-state index is 12.3. The highest BCUT2D eigenvalue weighted by atomic mass is 19.4. The number of halogens is 3. The molecule has 2 saturated heterocycles. The van der Waals surface area contributed by atoms with Crippen molar-refractivity contribution >= 4 is 5.96 Å². The molecule has 162 valence electrons. The third kappa shape index (κ3) is 6.50. The molecule has 2 bridgehead atoms. The zero-order chi connectivity index (χ0) is 20.9. The van der Waals surface area contributed by atoms with Crippen molar-refractivity contribution in [2.24, 2.45) is 10.9 Å². The number of hydrogen-bond acceptors (Lipinski definition) is 4. The first-order valence-corrected chi connectivity index (χ1v) is 10.0. The monoisotopic (exact) mass is 415 g/mol. The summed E-state index contributed by atoms with van der Waals surface area (Å²) >= 11 is 0. The van der Waals surface area contributed by atoms with E-state index in [1.807, 2.05) is 6.92 Å². The van der Waals surface area contributed by atoms with Gasteiger partial charge in [-0.2, -0.15) is 0 Å². The summed E-state index contributed by atoms with van der Waals surface area (Å²) in [4.78, 5) is 4.60. The van der Waals surface area contributed by atoms with Crippen LogP contribution in [0.25, 0.3) is 0 Å². The van der Waals surface area contributed by atoms with E-state index in [1.54, 1.807) is 12.1 Å². The topological polar surface area (TPSA) is 75.1 Å². The number of ether oxygens (including phenoxy) is 2. The molecule has 4 unspecified atom stereocenters. The molecule has 0 aromatic heterocycles. The summed E-state index contributed by atoms with van der Waals surface area (Å²) in [5, 5.41) is 16.4. The van der Waals surface area contributed by atoms with Crippen LogP contribution in [-0.2, 0) is 11.2 Å². The molecule has 0 spiro atoms. The quantitative estimate of drug-likeness (QED) is 0.450. The lowest BCUT2D eigenvalue weighted by molar-refractivity contribution is -0.274. The van der Waals surface area contributed by atoms with Crippen molar-refractivity contribution in [3.63, 3.8) is 0 Å². The number of alkyl halides is 3. The Hall–Kier alpha value is -2.00. The van der Waals surface area contributed by atoms with Gasteiger partial charge in [-0.1, -0.05) is 12.1 Å². The van der Waals surface area contributed by atoms with E-state index < -0.39 is 6.36 Å². The molecule has 1 aromatic carbocycles. The standard InChI is InChI=1S/C20H28F3N3O3/c1-2-24-19(26-17-10-16-7-8-18(17)28-16)25-11-14(12-27)9-13-3-5-15(6-4-13)29-20(21,22)23/h3-6,14,16-18,27H,2,7-12H2,1H3,(H2,24,25,26). The number of nitrogens with zero attached hydrogens (tertiary/aromatic N) is 1. The molecule has 3 N–H and O–H groups in total. The smallest absolute Gasteiger partial charge is 0.406 e. The first-order chi connectivity index (χ1) is 13.9.